The zero-order valence-corrected chi connectivity index (χ0v) is 26.2. The van der Waals surface area contributed by atoms with Gasteiger partial charge in [0.2, 0.25) is 0 Å². The van der Waals surface area contributed by atoms with Crippen LogP contribution in [0, 0.1) is 0 Å². The number of urea groups is 1. The summed E-state index contributed by atoms with van der Waals surface area (Å²) < 4.78 is 13.1. The largest absolute Gasteiger partial charge is 0.392 e. The van der Waals surface area contributed by atoms with Crippen molar-refractivity contribution in [2.24, 2.45) is 0 Å². The minimum absolute atomic E-state index is 0.00634. The normalized spacial score (nSPS) is 17.7. The Bertz CT molecular complexity index is 1700. The first-order valence-corrected chi connectivity index (χ1v) is 16.4. The molecule has 0 bridgehead atoms. The Morgan fingerprint density at radius 3 is 2.22 bits per heavy atom. The number of thioether (sulfide) groups is 1. The zero-order chi connectivity index (χ0) is 31.6. The molecule has 46 heavy (non-hydrogen) atoms. The van der Waals surface area contributed by atoms with Gasteiger partial charge in [0.25, 0.3) is 0 Å². The van der Waals surface area contributed by atoms with Crippen LogP contribution in [0.3, 0.4) is 0 Å². The summed E-state index contributed by atoms with van der Waals surface area (Å²) in [5, 5.41) is 16.3. The lowest BCUT2D eigenvalue weighted by Crippen LogP contribution is -2.34. The highest BCUT2D eigenvalue weighted by Crippen LogP contribution is 2.40. The van der Waals surface area contributed by atoms with Crippen LogP contribution in [0.25, 0.3) is 11.1 Å². The van der Waals surface area contributed by atoms with Crippen LogP contribution in [0.2, 0.25) is 0 Å². The van der Waals surface area contributed by atoms with E-state index in [1.807, 2.05) is 97.1 Å². The summed E-state index contributed by atoms with van der Waals surface area (Å²) >= 11 is 1.68. The van der Waals surface area contributed by atoms with E-state index in [1.165, 1.54) is 0 Å². The highest BCUT2D eigenvalue weighted by molar-refractivity contribution is 7.99. The molecule has 234 valence electrons. The molecule has 5 aromatic rings. The van der Waals surface area contributed by atoms with Gasteiger partial charge in [-0.25, -0.2) is 9.78 Å². The fourth-order valence-corrected chi connectivity index (χ4v) is 6.26. The van der Waals surface area contributed by atoms with Crippen LogP contribution in [-0.2, 0) is 29.2 Å². The third-order valence-corrected chi connectivity index (χ3v) is 8.91. The Morgan fingerprint density at radius 1 is 0.739 bits per heavy atom. The van der Waals surface area contributed by atoms with E-state index in [4.69, 9.17) is 9.47 Å². The number of aromatic nitrogens is 1. The molecule has 0 spiro atoms. The zero-order valence-electron chi connectivity index (χ0n) is 25.4. The van der Waals surface area contributed by atoms with Crippen molar-refractivity contribution < 1.29 is 19.4 Å². The molecule has 2 heterocycles. The summed E-state index contributed by atoms with van der Waals surface area (Å²) in [7, 11) is 0. The summed E-state index contributed by atoms with van der Waals surface area (Å²) in [6.07, 6.45) is 1.75. The van der Waals surface area contributed by atoms with Crippen molar-refractivity contribution in [1.82, 2.24) is 15.6 Å². The molecule has 0 unspecified atom stereocenters. The van der Waals surface area contributed by atoms with Gasteiger partial charge in [-0.05, 0) is 57.6 Å². The smallest absolute Gasteiger partial charge is 0.315 e. The lowest BCUT2D eigenvalue weighted by molar-refractivity contribution is -0.245. The third kappa shape index (κ3) is 8.62. The van der Waals surface area contributed by atoms with Gasteiger partial charge in [-0.3, -0.25) is 0 Å². The highest BCUT2D eigenvalue weighted by atomic mass is 32.2. The molecule has 1 saturated heterocycles. The molecule has 8 heteroatoms. The third-order valence-electron chi connectivity index (χ3n) is 7.84. The minimum Gasteiger partial charge on any atom is -0.392 e. The molecule has 6 rings (SSSR count). The van der Waals surface area contributed by atoms with Gasteiger partial charge in [-0.15, -0.1) is 11.8 Å². The van der Waals surface area contributed by atoms with E-state index in [1.54, 1.807) is 18.0 Å². The molecular formula is C38H37N3O4S. The fraction of sp³-hybridized carbons (Fsp3) is 0.211. The predicted octanol–water partition coefficient (Wildman–Crippen LogP) is 7.58. The second-order valence-electron chi connectivity index (χ2n) is 11.2. The summed E-state index contributed by atoms with van der Waals surface area (Å²) in [5.74, 6) is 0.746. The molecule has 3 atom stereocenters. The van der Waals surface area contributed by atoms with Crippen molar-refractivity contribution in [3.05, 3.63) is 155 Å². The van der Waals surface area contributed by atoms with E-state index >= 15 is 0 Å². The molecule has 3 N–H and O–H groups in total. The van der Waals surface area contributed by atoms with E-state index < -0.39 is 6.29 Å². The van der Waals surface area contributed by atoms with Gasteiger partial charge in [0.15, 0.2) is 6.29 Å². The molecule has 0 radical (unpaired) electrons. The molecule has 1 aromatic heterocycles. The molecule has 7 nitrogen and oxygen atoms in total. The number of carbonyl (C=O) groups excluding carboxylic acids is 1. The van der Waals surface area contributed by atoms with E-state index in [0.29, 0.717) is 19.5 Å². The predicted molar refractivity (Wildman–Crippen MR) is 181 cm³/mol. The Kier molecular flexibility index (Phi) is 10.7. The number of aliphatic hydroxyl groups excluding tert-OH is 1. The van der Waals surface area contributed by atoms with Crippen molar-refractivity contribution in [3.8, 4) is 11.1 Å². The number of ether oxygens (including phenoxy) is 2. The number of carbonyl (C=O) groups is 1. The first-order valence-electron chi connectivity index (χ1n) is 15.4. The number of hydrogen-bond donors (Lipinski definition) is 3. The maximum absolute atomic E-state index is 12.4. The first kappa shape index (κ1) is 31.5. The lowest BCUT2D eigenvalue weighted by Gasteiger charge is -2.36. The molecule has 4 aromatic carbocycles. The Hall–Kier alpha value is -4.47. The van der Waals surface area contributed by atoms with Crippen molar-refractivity contribution >= 4 is 17.8 Å². The van der Waals surface area contributed by atoms with Crippen molar-refractivity contribution in [1.29, 1.82) is 0 Å². The van der Waals surface area contributed by atoms with Gasteiger partial charge < -0.3 is 25.2 Å². The SMILES string of the molecule is O=C(NCc1ccccc1)NCc1cccc(-c2cccc([C@@H]3O[C@H](CSc4ccccn4)C[C@H](c4ccc(CO)cc4)O3)c2)c1. The van der Waals surface area contributed by atoms with E-state index in [2.05, 4.69) is 39.9 Å². The highest BCUT2D eigenvalue weighted by Gasteiger charge is 2.32. The summed E-state index contributed by atoms with van der Waals surface area (Å²) in [4.78, 5) is 16.9. The van der Waals surface area contributed by atoms with Gasteiger partial charge in [-0.2, -0.15) is 0 Å². The lowest BCUT2D eigenvalue weighted by atomic mass is 9.99. The number of rotatable bonds is 11. The molecule has 1 fully saturated rings. The topological polar surface area (TPSA) is 92.7 Å². The Morgan fingerprint density at radius 2 is 1.46 bits per heavy atom. The summed E-state index contributed by atoms with van der Waals surface area (Å²) in [6, 6.07) is 39.9. The maximum Gasteiger partial charge on any atom is 0.315 e. The standard InChI is InChI=1S/C38H37N3O4S/c42-25-28-15-17-30(18-16-28)35-22-34(26-46-36-14-4-5-19-39-36)44-37(45-35)33-13-7-12-32(21-33)31-11-6-10-29(20-31)24-41-38(43)40-23-27-8-2-1-3-9-27/h1-21,34-35,37,42H,22-26H2,(H2,40,41,43)/t34-,35+,37+/m0/s1. The van der Waals surface area contributed by atoms with Gasteiger partial charge in [0.1, 0.15) is 0 Å². The van der Waals surface area contributed by atoms with Crippen LogP contribution >= 0.6 is 11.8 Å². The number of amides is 2. The van der Waals surface area contributed by atoms with Gasteiger partial charge in [0, 0.05) is 37.0 Å². The molecular weight excluding hydrogens is 595 g/mol. The molecule has 1 aliphatic rings. The van der Waals surface area contributed by atoms with Crippen molar-refractivity contribution in [2.45, 2.75) is 49.6 Å². The van der Waals surface area contributed by atoms with E-state index in [9.17, 15) is 9.90 Å². The summed E-state index contributed by atoms with van der Waals surface area (Å²) in [5.41, 5.74) is 6.99. The molecule has 0 aliphatic carbocycles. The number of nitrogens with zero attached hydrogens (tertiary/aromatic N) is 1. The monoisotopic (exact) mass is 631 g/mol. The van der Waals surface area contributed by atoms with Crippen LogP contribution in [0.15, 0.2) is 133 Å². The van der Waals surface area contributed by atoms with Crippen molar-refractivity contribution in [2.75, 3.05) is 5.75 Å². The van der Waals surface area contributed by atoms with E-state index in [-0.39, 0.29) is 24.8 Å². The number of aliphatic hydroxyl groups is 1. The molecule has 2 amide bonds. The number of nitrogens with one attached hydrogen (secondary N) is 2. The van der Waals surface area contributed by atoms with E-state index in [0.717, 1.165) is 49.7 Å². The van der Waals surface area contributed by atoms with Crippen LogP contribution < -0.4 is 10.6 Å². The molecule has 1 aliphatic heterocycles. The van der Waals surface area contributed by atoms with Gasteiger partial charge in [-0.1, -0.05) is 97.1 Å². The number of benzene rings is 4. The summed E-state index contributed by atoms with van der Waals surface area (Å²) in [6.45, 7) is 0.893. The van der Waals surface area contributed by atoms with Crippen molar-refractivity contribution in [3.63, 3.8) is 0 Å². The fourth-order valence-electron chi connectivity index (χ4n) is 5.38. The maximum atomic E-state index is 12.4. The van der Waals surface area contributed by atoms with Crippen LogP contribution in [0.5, 0.6) is 0 Å². The molecule has 0 saturated carbocycles. The number of hydrogen-bond acceptors (Lipinski definition) is 6. The first-order chi connectivity index (χ1) is 22.6. The van der Waals surface area contributed by atoms with Gasteiger partial charge in [0.05, 0.1) is 23.8 Å². The average Bonchev–Trinajstić information content (AvgIpc) is 3.13. The van der Waals surface area contributed by atoms with Gasteiger partial charge >= 0.3 is 6.03 Å². The Balaban J connectivity index is 1.15. The quantitative estimate of drug-likeness (QED) is 0.130. The minimum atomic E-state index is -0.552. The Labute approximate surface area is 274 Å². The number of pyridine rings is 1. The second-order valence-corrected chi connectivity index (χ2v) is 12.2. The average molecular weight is 632 g/mol. The second kappa shape index (κ2) is 15.7. The van der Waals surface area contributed by atoms with Crippen LogP contribution in [-0.4, -0.2) is 28.0 Å². The van der Waals surface area contributed by atoms with Crippen LogP contribution in [0.4, 0.5) is 4.79 Å². The van der Waals surface area contributed by atoms with Crippen LogP contribution in [0.1, 0.15) is 46.6 Å².